The number of rotatable bonds is 9. The number of aromatic nitrogens is 1. The Bertz CT molecular complexity index is 638. The van der Waals surface area contributed by atoms with Crippen molar-refractivity contribution in [3.05, 3.63) is 43.1 Å². The molecule has 1 heterocycles. The molecular formula is C19H27N3O. The van der Waals surface area contributed by atoms with Crippen LogP contribution in [0.25, 0.3) is 10.9 Å². The minimum Gasteiger partial charge on any atom is -0.489 e. The van der Waals surface area contributed by atoms with Crippen molar-refractivity contribution in [3.8, 4) is 5.75 Å². The van der Waals surface area contributed by atoms with Gasteiger partial charge in [0.2, 0.25) is 0 Å². The molecule has 0 aliphatic carbocycles. The van der Waals surface area contributed by atoms with E-state index in [2.05, 4.69) is 48.6 Å². The van der Waals surface area contributed by atoms with Crippen molar-refractivity contribution in [1.29, 1.82) is 0 Å². The van der Waals surface area contributed by atoms with Gasteiger partial charge in [0.15, 0.2) is 0 Å². The van der Waals surface area contributed by atoms with Crippen molar-refractivity contribution in [3.63, 3.8) is 0 Å². The predicted molar refractivity (Wildman–Crippen MR) is 98.3 cm³/mol. The lowest BCUT2D eigenvalue weighted by molar-refractivity contribution is 0.240. The molecule has 0 aliphatic heterocycles. The van der Waals surface area contributed by atoms with Gasteiger partial charge in [-0.1, -0.05) is 26.5 Å². The van der Waals surface area contributed by atoms with Crippen molar-refractivity contribution in [2.75, 3.05) is 31.6 Å². The molecule has 0 spiro atoms. The Balaban J connectivity index is 2.13. The van der Waals surface area contributed by atoms with Crippen molar-refractivity contribution in [2.24, 2.45) is 0 Å². The highest BCUT2D eigenvalue weighted by molar-refractivity contribution is 5.91. The molecule has 1 aromatic carbocycles. The zero-order valence-corrected chi connectivity index (χ0v) is 14.4. The zero-order chi connectivity index (χ0) is 16.7. The SMILES string of the molecule is C=CCOc1ccc2c(NCC(C)N(CC)CC)ccnc2c1. The van der Waals surface area contributed by atoms with E-state index in [1.54, 1.807) is 6.08 Å². The molecule has 1 N–H and O–H groups in total. The molecule has 2 rings (SSSR count). The Morgan fingerprint density at radius 3 is 2.78 bits per heavy atom. The van der Waals surface area contributed by atoms with E-state index in [-0.39, 0.29) is 0 Å². The van der Waals surface area contributed by atoms with Crippen molar-refractivity contribution in [2.45, 2.75) is 26.8 Å². The van der Waals surface area contributed by atoms with Crippen LogP contribution < -0.4 is 10.1 Å². The molecule has 1 unspecified atom stereocenters. The number of hydrogen-bond acceptors (Lipinski definition) is 4. The average molecular weight is 313 g/mol. The molecule has 23 heavy (non-hydrogen) atoms. The topological polar surface area (TPSA) is 37.4 Å². The van der Waals surface area contributed by atoms with Crippen LogP contribution in [-0.2, 0) is 0 Å². The monoisotopic (exact) mass is 313 g/mol. The van der Waals surface area contributed by atoms with E-state index in [1.807, 2.05) is 24.4 Å². The maximum absolute atomic E-state index is 5.58. The predicted octanol–water partition coefficient (Wildman–Crippen LogP) is 3.94. The van der Waals surface area contributed by atoms with E-state index in [0.29, 0.717) is 12.6 Å². The van der Waals surface area contributed by atoms with Gasteiger partial charge in [0.25, 0.3) is 0 Å². The number of anilines is 1. The fraction of sp³-hybridized carbons (Fsp3) is 0.421. The molecule has 1 aromatic heterocycles. The molecule has 124 valence electrons. The second-order valence-corrected chi connectivity index (χ2v) is 5.59. The lowest BCUT2D eigenvalue weighted by Gasteiger charge is -2.27. The summed E-state index contributed by atoms with van der Waals surface area (Å²) in [5.41, 5.74) is 2.05. The Hall–Kier alpha value is -2.07. The van der Waals surface area contributed by atoms with Gasteiger partial charge in [0.1, 0.15) is 12.4 Å². The first kappa shape index (κ1) is 17.3. The molecule has 0 saturated carbocycles. The quantitative estimate of drug-likeness (QED) is 0.712. The molecule has 0 aliphatic rings. The van der Waals surface area contributed by atoms with Gasteiger partial charge in [0, 0.05) is 35.9 Å². The molecule has 1 atom stereocenters. The lowest BCUT2D eigenvalue weighted by atomic mass is 10.1. The first-order valence-corrected chi connectivity index (χ1v) is 8.30. The first-order chi connectivity index (χ1) is 11.2. The Kier molecular flexibility index (Phi) is 6.41. The number of ether oxygens (including phenoxy) is 1. The summed E-state index contributed by atoms with van der Waals surface area (Å²) < 4.78 is 5.58. The number of benzene rings is 1. The van der Waals surface area contributed by atoms with Crippen LogP contribution in [-0.4, -0.2) is 42.2 Å². The smallest absolute Gasteiger partial charge is 0.121 e. The summed E-state index contributed by atoms with van der Waals surface area (Å²) in [6.45, 7) is 13.9. The van der Waals surface area contributed by atoms with E-state index in [9.17, 15) is 0 Å². The van der Waals surface area contributed by atoms with Crippen LogP contribution in [0.15, 0.2) is 43.1 Å². The second kappa shape index (κ2) is 8.53. The molecule has 2 aromatic rings. The normalized spacial score (nSPS) is 12.3. The minimum atomic E-state index is 0.489. The summed E-state index contributed by atoms with van der Waals surface area (Å²) in [6, 6.07) is 8.53. The molecule has 0 radical (unpaired) electrons. The Morgan fingerprint density at radius 2 is 2.09 bits per heavy atom. The molecule has 4 nitrogen and oxygen atoms in total. The van der Waals surface area contributed by atoms with Crippen molar-refractivity contribution < 1.29 is 4.74 Å². The third-order valence-corrected chi connectivity index (χ3v) is 4.11. The number of likely N-dealkylation sites (N-methyl/N-ethyl adjacent to an activating group) is 1. The van der Waals surface area contributed by atoms with E-state index in [0.717, 1.165) is 42.0 Å². The third-order valence-electron chi connectivity index (χ3n) is 4.11. The van der Waals surface area contributed by atoms with Crippen LogP contribution in [0.5, 0.6) is 5.75 Å². The van der Waals surface area contributed by atoms with Crippen LogP contribution in [0.3, 0.4) is 0 Å². The number of fused-ring (bicyclic) bond motifs is 1. The van der Waals surface area contributed by atoms with E-state index in [4.69, 9.17) is 4.74 Å². The van der Waals surface area contributed by atoms with Crippen LogP contribution in [0.2, 0.25) is 0 Å². The van der Waals surface area contributed by atoms with Gasteiger partial charge in [-0.25, -0.2) is 0 Å². The van der Waals surface area contributed by atoms with Crippen LogP contribution in [0.1, 0.15) is 20.8 Å². The molecule has 0 saturated heterocycles. The Labute approximate surface area is 139 Å². The number of hydrogen-bond donors (Lipinski definition) is 1. The van der Waals surface area contributed by atoms with E-state index in [1.165, 1.54) is 0 Å². The van der Waals surface area contributed by atoms with Gasteiger partial charge in [0.05, 0.1) is 5.52 Å². The van der Waals surface area contributed by atoms with E-state index < -0.39 is 0 Å². The number of nitrogens with one attached hydrogen (secondary N) is 1. The van der Waals surface area contributed by atoms with Crippen LogP contribution in [0, 0.1) is 0 Å². The molecule has 0 fully saturated rings. The van der Waals surface area contributed by atoms with Gasteiger partial charge < -0.3 is 10.1 Å². The zero-order valence-electron chi connectivity index (χ0n) is 14.4. The van der Waals surface area contributed by atoms with Crippen LogP contribution >= 0.6 is 0 Å². The lowest BCUT2D eigenvalue weighted by Crippen LogP contribution is -2.37. The fourth-order valence-electron chi connectivity index (χ4n) is 2.76. The average Bonchev–Trinajstić information content (AvgIpc) is 2.58. The highest BCUT2D eigenvalue weighted by Gasteiger charge is 2.10. The Morgan fingerprint density at radius 1 is 1.30 bits per heavy atom. The summed E-state index contributed by atoms with van der Waals surface area (Å²) in [6.07, 6.45) is 3.58. The summed E-state index contributed by atoms with van der Waals surface area (Å²) in [5, 5.41) is 4.68. The number of pyridine rings is 1. The molecule has 4 heteroatoms. The van der Waals surface area contributed by atoms with Crippen molar-refractivity contribution >= 4 is 16.6 Å². The summed E-state index contributed by atoms with van der Waals surface area (Å²) >= 11 is 0. The fourth-order valence-corrected chi connectivity index (χ4v) is 2.76. The van der Waals surface area contributed by atoms with Gasteiger partial charge in [-0.2, -0.15) is 0 Å². The largest absolute Gasteiger partial charge is 0.489 e. The molecule has 0 bridgehead atoms. The van der Waals surface area contributed by atoms with E-state index >= 15 is 0 Å². The summed E-state index contributed by atoms with van der Waals surface area (Å²) in [4.78, 5) is 6.89. The van der Waals surface area contributed by atoms with Gasteiger partial charge in [-0.15, -0.1) is 0 Å². The van der Waals surface area contributed by atoms with Gasteiger partial charge >= 0.3 is 0 Å². The highest BCUT2D eigenvalue weighted by Crippen LogP contribution is 2.25. The highest BCUT2D eigenvalue weighted by atomic mass is 16.5. The number of nitrogens with zero attached hydrogens (tertiary/aromatic N) is 2. The molecular weight excluding hydrogens is 286 g/mol. The second-order valence-electron chi connectivity index (χ2n) is 5.59. The third kappa shape index (κ3) is 4.45. The maximum atomic E-state index is 5.58. The van der Waals surface area contributed by atoms with Crippen molar-refractivity contribution in [1.82, 2.24) is 9.88 Å². The first-order valence-electron chi connectivity index (χ1n) is 8.30. The molecule has 0 amide bonds. The van der Waals surface area contributed by atoms with Crippen LogP contribution in [0.4, 0.5) is 5.69 Å². The maximum Gasteiger partial charge on any atom is 0.121 e. The van der Waals surface area contributed by atoms with Gasteiger partial charge in [-0.05, 0) is 38.2 Å². The standard InChI is InChI=1S/C19H27N3O/c1-5-12-23-16-8-9-17-18(10-11-20-19(17)13-16)21-14-15(4)22(6-2)7-3/h5,8-11,13,15H,1,6-7,12,14H2,2-4H3,(H,20,21). The summed E-state index contributed by atoms with van der Waals surface area (Å²) in [5.74, 6) is 0.818. The minimum absolute atomic E-state index is 0.489. The summed E-state index contributed by atoms with van der Waals surface area (Å²) in [7, 11) is 0. The van der Waals surface area contributed by atoms with Gasteiger partial charge in [-0.3, -0.25) is 9.88 Å².